The third kappa shape index (κ3) is 5.55. The highest BCUT2D eigenvalue weighted by molar-refractivity contribution is 5.85. The zero-order valence-corrected chi connectivity index (χ0v) is 9.93. The highest BCUT2D eigenvalue weighted by Crippen LogP contribution is 2.02. The molecule has 0 aliphatic rings. The molecule has 0 heterocycles. The van der Waals surface area contributed by atoms with Crippen molar-refractivity contribution in [3.05, 3.63) is 0 Å². The van der Waals surface area contributed by atoms with E-state index >= 15 is 0 Å². The molecule has 94 valence electrons. The number of aliphatic hydroxyl groups excluding tert-OH is 1. The number of nitrogens with one attached hydrogen (secondary N) is 1. The van der Waals surface area contributed by atoms with Gasteiger partial charge in [-0.15, -0.1) is 0 Å². The second-order valence-electron chi connectivity index (χ2n) is 4.13. The monoisotopic (exact) mass is 232 g/mol. The second-order valence-corrected chi connectivity index (χ2v) is 4.13. The van der Waals surface area contributed by atoms with Gasteiger partial charge >= 0.3 is 6.09 Å². The Labute approximate surface area is 95.2 Å². The van der Waals surface area contributed by atoms with Gasteiger partial charge in [-0.2, -0.15) is 0 Å². The van der Waals surface area contributed by atoms with E-state index in [0.717, 1.165) is 6.42 Å². The van der Waals surface area contributed by atoms with Crippen molar-refractivity contribution in [1.82, 2.24) is 10.2 Å². The van der Waals surface area contributed by atoms with Gasteiger partial charge in [-0.25, -0.2) is 4.79 Å². The lowest BCUT2D eigenvalue weighted by molar-refractivity contribution is -0.133. The molecular formula is C10H20N2O4. The molecule has 0 aliphatic heterocycles. The molecular weight excluding hydrogens is 212 g/mol. The number of amides is 2. The zero-order valence-electron chi connectivity index (χ0n) is 9.93. The van der Waals surface area contributed by atoms with Gasteiger partial charge in [0.2, 0.25) is 5.91 Å². The molecule has 0 aromatic carbocycles. The van der Waals surface area contributed by atoms with Crippen LogP contribution in [0.1, 0.15) is 20.3 Å². The highest BCUT2D eigenvalue weighted by Gasteiger charge is 2.22. The minimum absolute atomic E-state index is 0.412. The Balaban J connectivity index is 4.21. The first-order chi connectivity index (χ1) is 7.38. The van der Waals surface area contributed by atoms with E-state index in [4.69, 9.17) is 10.2 Å². The van der Waals surface area contributed by atoms with Crippen molar-refractivity contribution in [1.29, 1.82) is 0 Å². The molecule has 0 bridgehead atoms. The predicted molar refractivity (Wildman–Crippen MR) is 59.1 cm³/mol. The largest absolute Gasteiger partial charge is 0.465 e. The molecule has 0 unspecified atom stereocenters. The minimum atomic E-state index is -1.32. The number of hydrogen-bond donors (Lipinski definition) is 3. The maximum Gasteiger partial charge on any atom is 0.405 e. The summed E-state index contributed by atoms with van der Waals surface area (Å²) in [4.78, 5) is 23.5. The first kappa shape index (κ1) is 14.7. The van der Waals surface area contributed by atoms with E-state index in [1.807, 2.05) is 19.2 Å². The van der Waals surface area contributed by atoms with E-state index in [9.17, 15) is 9.59 Å². The molecule has 0 saturated heterocycles. The molecule has 16 heavy (non-hydrogen) atoms. The molecule has 3 N–H and O–H groups in total. The Morgan fingerprint density at radius 2 is 1.94 bits per heavy atom. The van der Waals surface area contributed by atoms with E-state index < -0.39 is 24.6 Å². The van der Waals surface area contributed by atoms with Gasteiger partial charge in [0.05, 0.1) is 6.61 Å². The lowest BCUT2D eigenvalue weighted by atomic mass is 10.1. The molecule has 0 rings (SSSR count). The zero-order chi connectivity index (χ0) is 12.7. The maximum absolute atomic E-state index is 11.7. The summed E-state index contributed by atoms with van der Waals surface area (Å²) in [5.74, 6) is 0.0563. The van der Waals surface area contributed by atoms with Crippen LogP contribution in [-0.2, 0) is 4.79 Å². The fourth-order valence-corrected chi connectivity index (χ4v) is 1.16. The lowest BCUT2D eigenvalue weighted by Gasteiger charge is -2.23. The van der Waals surface area contributed by atoms with Crippen molar-refractivity contribution in [2.45, 2.75) is 26.3 Å². The first-order valence-corrected chi connectivity index (χ1v) is 5.23. The van der Waals surface area contributed by atoms with Crippen molar-refractivity contribution >= 4 is 12.0 Å². The summed E-state index contributed by atoms with van der Waals surface area (Å²) in [7, 11) is 1.59. The lowest BCUT2D eigenvalue weighted by Crippen LogP contribution is -2.49. The van der Waals surface area contributed by atoms with Gasteiger partial charge in [0.25, 0.3) is 0 Å². The smallest absolute Gasteiger partial charge is 0.405 e. The first-order valence-electron chi connectivity index (χ1n) is 5.23. The number of hydrogen-bond acceptors (Lipinski definition) is 3. The number of carboxylic acid groups (broad SMARTS) is 1. The van der Waals surface area contributed by atoms with Crippen LogP contribution in [-0.4, -0.2) is 53.4 Å². The third-order valence-electron chi connectivity index (χ3n) is 2.20. The SMILES string of the molecule is CC(C)CCN(C)C(=O)[C@H](CO)NC(=O)O. The second kappa shape index (κ2) is 7.05. The quantitative estimate of drug-likeness (QED) is 0.606. The minimum Gasteiger partial charge on any atom is -0.465 e. The number of aliphatic hydroxyl groups is 1. The van der Waals surface area contributed by atoms with Crippen LogP contribution in [0, 0.1) is 5.92 Å². The average Bonchev–Trinajstić information content (AvgIpc) is 2.21. The topological polar surface area (TPSA) is 89.9 Å². The van der Waals surface area contributed by atoms with E-state index in [-0.39, 0.29) is 0 Å². The summed E-state index contributed by atoms with van der Waals surface area (Å²) in [6.45, 7) is 4.10. The number of carbonyl (C=O) groups is 2. The van der Waals surface area contributed by atoms with Crippen LogP contribution < -0.4 is 5.32 Å². The van der Waals surface area contributed by atoms with E-state index in [0.29, 0.717) is 12.5 Å². The standard InChI is InChI=1S/C10H20N2O4/c1-7(2)4-5-12(3)9(14)8(6-13)11-10(15)16/h7-8,11,13H,4-6H2,1-3H3,(H,15,16)/t8-/m0/s1. The summed E-state index contributed by atoms with van der Waals surface area (Å²) in [5.41, 5.74) is 0. The van der Waals surface area contributed by atoms with Crippen LogP contribution in [0.15, 0.2) is 0 Å². The Bertz CT molecular complexity index is 243. The van der Waals surface area contributed by atoms with Crippen molar-refractivity contribution in [2.75, 3.05) is 20.2 Å². The predicted octanol–water partition coefficient (Wildman–Crippen LogP) is 0.119. The van der Waals surface area contributed by atoms with Crippen molar-refractivity contribution < 1.29 is 19.8 Å². The van der Waals surface area contributed by atoms with Crippen LogP contribution >= 0.6 is 0 Å². The van der Waals surface area contributed by atoms with Crippen LogP contribution in [0.4, 0.5) is 4.79 Å². The number of carbonyl (C=O) groups excluding carboxylic acids is 1. The molecule has 1 atom stereocenters. The summed E-state index contributed by atoms with van der Waals surface area (Å²) in [6, 6.07) is -1.07. The Hall–Kier alpha value is -1.30. The molecule has 0 aromatic rings. The average molecular weight is 232 g/mol. The van der Waals surface area contributed by atoms with E-state index in [2.05, 4.69) is 0 Å². The fourth-order valence-electron chi connectivity index (χ4n) is 1.16. The number of nitrogens with zero attached hydrogens (tertiary/aromatic N) is 1. The van der Waals surface area contributed by atoms with Gasteiger partial charge < -0.3 is 20.4 Å². The van der Waals surface area contributed by atoms with Gasteiger partial charge in [0.1, 0.15) is 6.04 Å². The molecule has 6 heteroatoms. The highest BCUT2D eigenvalue weighted by atomic mass is 16.4. The molecule has 0 saturated carbocycles. The summed E-state index contributed by atoms with van der Waals surface area (Å²) >= 11 is 0. The van der Waals surface area contributed by atoms with Crippen LogP contribution in [0.5, 0.6) is 0 Å². The molecule has 0 fully saturated rings. The van der Waals surface area contributed by atoms with Gasteiger partial charge in [-0.1, -0.05) is 13.8 Å². The van der Waals surface area contributed by atoms with Gasteiger partial charge in [0.15, 0.2) is 0 Å². The van der Waals surface area contributed by atoms with Crippen LogP contribution in [0.25, 0.3) is 0 Å². The molecule has 0 radical (unpaired) electrons. The Morgan fingerprint density at radius 1 is 1.38 bits per heavy atom. The van der Waals surface area contributed by atoms with Gasteiger partial charge in [-0.05, 0) is 12.3 Å². The van der Waals surface area contributed by atoms with Crippen molar-refractivity contribution in [3.8, 4) is 0 Å². The van der Waals surface area contributed by atoms with Gasteiger partial charge in [-0.3, -0.25) is 4.79 Å². The molecule has 0 aliphatic carbocycles. The van der Waals surface area contributed by atoms with E-state index in [1.165, 1.54) is 4.90 Å². The molecule has 0 spiro atoms. The third-order valence-corrected chi connectivity index (χ3v) is 2.20. The van der Waals surface area contributed by atoms with Gasteiger partial charge in [0, 0.05) is 13.6 Å². The van der Waals surface area contributed by atoms with E-state index in [1.54, 1.807) is 7.05 Å². The molecule has 6 nitrogen and oxygen atoms in total. The normalized spacial score (nSPS) is 12.3. The molecule has 0 aromatic heterocycles. The molecule has 2 amide bonds. The summed E-state index contributed by atoms with van der Waals surface area (Å²) in [6.07, 6.45) is -0.474. The summed E-state index contributed by atoms with van der Waals surface area (Å²) in [5, 5.41) is 19.3. The number of rotatable bonds is 6. The van der Waals surface area contributed by atoms with Crippen LogP contribution in [0.2, 0.25) is 0 Å². The van der Waals surface area contributed by atoms with Crippen LogP contribution in [0.3, 0.4) is 0 Å². The maximum atomic E-state index is 11.7. The fraction of sp³-hybridized carbons (Fsp3) is 0.800. The van der Waals surface area contributed by atoms with Crippen molar-refractivity contribution in [3.63, 3.8) is 0 Å². The number of likely N-dealkylation sites (N-methyl/N-ethyl adjacent to an activating group) is 1. The Kier molecular flexibility index (Phi) is 6.48. The van der Waals surface area contributed by atoms with Crippen molar-refractivity contribution in [2.24, 2.45) is 5.92 Å². The Morgan fingerprint density at radius 3 is 2.31 bits per heavy atom. The summed E-state index contributed by atoms with van der Waals surface area (Å²) < 4.78 is 0.